The summed E-state index contributed by atoms with van der Waals surface area (Å²) in [5.74, 6) is 1.69. The Morgan fingerprint density at radius 2 is 2.05 bits per heavy atom. The molecule has 19 heavy (non-hydrogen) atoms. The molecule has 6 heteroatoms. The van der Waals surface area contributed by atoms with Crippen molar-refractivity contribution in [1.29, 1.82) is 0 Å². The third kappa shape index (κ3) is 4.09. The molecule has 1 aromatic rings. The summed E-state index contributed by atoms with van der Waals surface area (Å²) in [4.78, 5) is 11.7. The van der Waals surface area contributed by atoms with Crippen LogP contribution >= 0.6 is 0 Å². The van der Waals surface area contributed by atoms with Crippen LogP contribution in [0.15, 0.2) is 29.2 Å². The first-order valence-electron chi connectivity index (χ1n) is 5.62. The molecule has 0 unspecified atom stereocenters. The number of carbonyl (C=O) groups is 1. The highest BCUT2D eigenvalue weighted by atomic mass is 32.2. The first kappa shape index (κ1) is 15.2. The maximum Gasteiger partial charge on any atom is 0.298 e. The zero-order valence-electron chi connectivity index (χ0n) is 10.7. The van der Waals surface area contributed by atoms with Gasteiger partial charge in [0.15, 0.2) is 0 Å². The fourth-order valence-electron chi connectivity index (χ4n) is 1.40. The molecule has 0 saturated carbocycles. The van der Waals surface area contributed by atoms with E-state index in [9.17, 15) is 13.2 Å². The van der Waals surface area contributed by atoms with E-state index >= 15 is 0 Å². The second-order valence-electron chi connectivity index (χ2n) is 3.98. The van der Waals surface area contributed by atoms with Gasteiger partial charge in [-0.15, -0.1) is 6.42 Å². The quantitative estimate of drug-likeness (QED) is 0.649. The molecule has 0 aliphatic rings. The zero-order chi connectivity index (χ0) is 14.5. The standard InChI is InChI=1S/C13H15NO4S/c1-4-9-14-13(15)11-7-5-6-8-12(11)19(16,17)18-10(2)3/h1,5-8,10H,9H2,2-3H3,(H,14,15). The van der Waals surface area contributed by atoms with Crippen molar-refractivity contribution in [2.45, 2.75) is 24.8 Å². The molecule has 0 aromatic heterocycles. The summed E-state index contributed by atoms with van der Waals surface area (Å²) in [7, 11) is -3.97. The lowest BCUT2D eigenvalue weighted by Gasteiger charge is -2.11. The summed E-state index contributed by atoms with van der Waals surface area (Å²) in [6.07, 6.45) is 4.53. The third-order valence-corrected chi connectivity index (χ3v) is 3.60. The minimum Gasteiger partial charge on any atom is -0.341 e. The molecule has 102 valence electrons. The van der Waals surface area contributed by atoms with E-state index in [1.165, 1.54) is 18.2 Å². The largest absolute Gasteiger partial charge is 0.341 e. The molecule has 1 N–H and O–H groups in total. The van der Waals surface area contributed by atoms with Gasteiger partial charge in [0.05, 0.1) is 18.2 Å². The Balaban J connectivity index is 3.16. The number of rotatable bonds is 5. The number of hydrogen-bond donors (Lipinski definition) is 1. The molecule has 1 rings (SSSR count). The summed E-state index contributed by atoms with van der Waals surface area (Å²) in [5, 5.41) is 2.42. The smallest absolute Gasteiger partial charge is 0.298 e. The normalized spacial score (nSPS) is 11.1. The van der Waals surface area contributed by atoms with Crippen molar-refractivity contribution < 1.29 is 17.4 Å². The summed E-state index contributed by atoms with van der Waals surface area (Å²) >= 11 is 0. The van der Waals surface area contributed by atoms with Crippen molar-refractivity contribution in [3.63, 3.8) is 0 Å². The molecule has 0 bridgehead atoms. The first-order valence-corrected chi connectivity index (χ1v) is 7.03. The van der Waals surface area contributed by atoms with Gasteiger partial charge >= 0.3 is 0 Å². The molecule has 0 atom stereocenters. The lowest BCUT2D eigenvalue weighted by molar-refractivity contribution is 0.0954. The van der Waals surface area contributed by atoms with Gasteiger partial charge in [0, 0.05) is 0 Å². The number of amides is 1. The van der Waals surface area contributed by atoms with Crippen LogP contribution in [0.1, 0.15) is 24.2 Å². The number of nitrogens with one attached hydrogen (secondary N) is 1. The van der Waals surface area contributed by atoms with Gasteiger partial charge in [0.1, 0.15) is 4.90 Å². The lowest BCUT2D eigenvalue weighted by atomic mass is 10.2. The minimum absolute atomic E-state index is 0.0124. The fourth-order valence-corrected chi connectivity index (χ4v) is 2.69. The third-order valence-electron chi connectivity index (χ3n) is 2.07. The van der Waals surface area contributed by atoms with E-state index < -0.39 is 22.1 Å². The molecule has 0 radical (unpaired) electrons. The van der Waals surface area contributed by atoms with E-state index in [1.807, 2.05) is 0 Å². The minimum atomic E-state index is -3.97. The number of benzene rings is 1. The van der Waals surface area contributed by atoms with Crippen LogP contribution in [-0.2, 0) is 14.3 Å². The second kappa shape index (κ2) is 6.36. The summed E-state index contributed by atoms with van der Waals surface area (Å²) in [5.41, 5.74) is 0.0124. The van der Waals surface area contributed by atoms with Crippen molar-refractivity contribution in [1.82, 2.24) is 5.32 Å². The summed E-state index contributed by atoms with van der Waals surface area (Å²) < 4.78 is 28.9. The predicted molar refractivity (Wildman–Crippen MR) is 71.0 cm³/mol. The average molecular weight is 281 g/mol. The van der Waals surface area contributed by atoms with Crippen LogP contribution in [0.4, 0.5) is 0 Å². The first-order chi connectivity index (χ1) is 8.88. The van der Waals surface area contributed by atoms with Crippen molar-refractivity contribution in [2.24, 2.45) is 0 Å². The topological polar surface area (TPSA) is 72.5 Å². The fraction of sp³-hybridized carbons (Fsp3) is 0.308. The molecule has 1 amide bonds. The van der Waals surface area contributed by atoms with Crippen molar-refractivity contribution in [3.05, 3.63) is 29.8 Å². The second-order valence-corrected chi connectivity index (χ2v) is 5.52. The van der Waals surface area contributed by atoms with Crippen LogP contribution in [0.2, 0.25) is 0 Å². The van der Waals surface area contributed by atoms with Gasteiger partial charge in [0.25, 0.3) is 16.0 Å². The molecule has 0 aliphatic carbocycles. The highest BCUT2D eigenvalue weighted by Gasteiger charge is 2.23. The lowest BCUT2D eigenvalue weighted by Crippen LogP contribution is -2.26. The van der Waals surface area contributed by atoms with Crippen LogP contribution in [0.5, 0.6) is 0 Å². The van der Waals surface area contributed by atoms with Gasteiger partial charge < -0.3 is 5.32 Å². The molecular formula is C13H15NO4S. The maximum atomic E-state index is 12.0. The molecule has 0 fully saturated rings. The predicted octanol–water partition coefficient (Wildman–Crippen LogP) is 1.16. The molecule has 0 heterocycles. The van der Waals surface area contributed by atoms with Crippen LogP contribution in [0.3, 0.4) is 0 Å². The zero-order valence-corrected chi connectivity index (χ0v) is 11.5. The van der Waals surface area contributed by atoms with E-state index in [0.29, 0.717) is 0 Å². The van der Waals surface area contributed by atoms with E-state index in [-0.39, 0.29) is 17.0 Å². The molecule has 0 saturated heterocycles. The van der Waals surface area contributed by atoms with Gasteiger partial charge in [-0.1, -0.05) is 18.1 Å². The Labute approximate surface area is 113 Å². The van der Waals surface area contributed by atoms with E-state index in [2.05, 4.69) is 11.2 Å². The number of hydrogen-bond acceptors (Lipinski definition) is 4. The molecule has 5 nitrogen and oxygen atoms in total. The molecule has 0 spiro atoms. The van der Waals surface area contributed by atoms with Crippen LogP contribution in [0, 0.1) is 12.3 Å². The molecule has 0 aliphatic heterocycles. The van der Waals surface area contributed by atoms with Crippen LogP contribution < -0.4 is 5.32 Å². The Morgan fingerprint density at radius 3 is 2.63 bits per heavy atom. The number of carbonyl (C=O) groups excluding carboxylic acids is 1. The Kier molecular flexibility index (Phi) is 5.10. The van der Waals surface area contributed by atoms with Crippen LogP contribution in [-0.4, -0.2) is 27.0 Å². The highest BCUT2D eigenvalue weighted by Crippen LogP contribution is 2.19. The van der Waals surface area contributed by atoms with Gasteiger partial charge in [-0.3, -0.25) is 8.98 Å². The molecule has 1 aromatic carbocycles. The van der Waals surface area contributed by atoms with Crippen molar-refractivity contribution in [2.75, 3.05) is 6.54 Å². The Hall–Kier alpha value is -1.84. The van der Waals surface area contributed by atoms with E-state index in [1.54, 1.807) is 19.9 Å². The average Bonchev–Trinajstić information content (AvgIpc) is 2.34. The van der Waals surface area contributed by atoms with E-state index in [0.717, 1.165) is 0 Å². The molecular weight excluding hydrogens is 266 g/mol. The van der Waals surface area contributed by atoms with Gasteiger partial charge in [-0.25, -0.2) is 0 Å². The van der Waals surface area contributed by atoms with Gasteiger partial charge in [-0.2, -0.15) is 8.42 Å². The highest BCUT2D eigenvalue weighted by molar-refractivity contribution is 7.86. The van der Waals surface area contributed by atoms with Crippen molar-refractivity contribution in [3.8, 4) is 12.3 Å². The van der Waals surface area contributed by atoms with Gasteiger partial charge in [-0.05, 0) is 26.0 Å². The Morgan fingerprint density at radius 1 is 1.42 bits per heavy atom. The number of terminal acetylenes is 1. The Bertz CT molecular complexity index is 599. The van der Waals surface area contributed by atoms with Crippen LogP contribution in [0.25, 0.3) is 0 Å². The van der Waals surface area contributed by atoms with Gasteiger partial charge in [0.2, 0.25) is 0 Å². The van der Waals surface area contributed by atoms with E-state index in [4.69, 9.17) is 10.6 Å². The van der Waals surface area contributed by atoms with Crippen molar-refractivity contribution >= 4 is 16.0 Å². The monoisotopic (exact) mass is 281 g/mol. The maximum absolute atomic E-state index is 12.0. The SMILES string of the molecule is C#CCNC(=O)c1ccccc1S(=O)(=O)OC(C)C. The summed E-state index contributed by atoms with van der Waals surface area (Å²) in [6, 6.07) is 5.82. The summed E-state index contributed by atoms with van der Waals surface area (Å²) in [6.45, 7) is 3.22.